The molecule has 5 rings (SSSR count). The van der Waals surface area contributed by atoms with Crippen molar-refractivity contribution in [2.45, 2.75) is 32.1 Å². The molecule has 0 bridgehead atoms. The van der Waals surface area contributed by atoms with Crippen molar-refractivity contribution < 1.29 is 9.47 Å². The zero-order valence-electron chi connectivity index (χ0n) is 17.1. The minimum absolute atomic E-state index is 0.780. The molecule has 1 N–H and O–H groups in total. The molecule has 2 aromatic carbocycles. The van der Waals surface area contributed by atoms with Gasteiger partial charge in [0.25, 0.3) is 0 Å². The molecular weight excluding hydrogens is 394 g/mol. The van der Waals surface area contributed by atoms with Crippen LogP contribution in [0.2, 0.25) is 0 Å². The molecule has 0 amide bonds. The smallest absolute Gasteiger partial charge is 0.183 e. The van der Waals surface area contributed by atoms with Crippen molar-refractivity contribution in [2.75, 3.05) is 19.0 Å². The Morgan fingerprint density at radius 2 is 1.87 bits per heavy atom. The van der Waals surface area contributed by atoms with E-state index in [9.17, 15) is 0 Å². The van der Waals surface area contributed by atoms with Gasteiger partial charge < -0.3 is 14.8 Å². The predicted molar refractivity (Wildman–Crippen MR) is 123 cm³/mol. The number of aromatic nitrogens is 2. The first-order valence-corrected chi connectivity index (χ1v) is 11.4. The van der Waals surface area contributed by atoms with Crippen LogP contribution in [0.4, 0.5) is 5.13 Å². The Morgan fingerprint density at radius 1 is 1.00 bits per heavy atom. The first-order valence-electron chi connectivity index (χ1n) is 10.5. The van der Waals surface area contributed by atoms with Crippen molar-refractivity contribution in [3.63, 3.8) is 0 Å². The number of benzene rings is 2. The highest BCUT2D eigenvalue weighted by atomic mass is 32.1. The Labute approximate surface area is 180 Å². The molecule has 1 saturated carbocycles. The lowest BCUT2D eigenvalue weighted by atomic mass is 9.89. The van der Waals surface area contributed by atoms with Crippen LogP contribution in [0.1, 0.15) is 32.1 Å². The number of nitrogens with one attached hydrogen (secondary N) is 1. The summed E-state index contributed by atoms with van der Waals surface area (Å²) in [7, 11) is 1.66. The van der Waals surface area contributed by atoms with Crippen LogP contribution in [0.3, 0.4) is 0 Å². The maximum Gasteiger partial charge on any atom is 0.183 e. The van der Waals surface area contributed by atoms with Crippen LogP contribution in [-0.4, -0.2) is 23.6 Å². The fourth-order valence-corrected chi connectivity index (χ4v) is 5.01. The number of nitrogens with zero attached hydrogens (tertiary/aromatic N) is 2. The van der Waals surface area contributed by atoms with Crippen molar-refractivity contribution >= 4 is 37.6 Å². The molecule has 0 spiro atoms. The number of thiazole rings is 1. The number of rotatable bonds is 6. The van der Waals surface area contributed by atoms with Crippen LogP contribution in [-0.2, 0) is 0 Å². The number of methoxy groups -OCH3 is 1. The highest BCUT2D eigenvalue weighted by Crippen LogP contribution is 2.34. The minimum atomic E-state index is 0.780. The van der Waals surface area contributed by atoms with E-state index in [2.05, 4.69) is 16.4 Å². The molecule has 0 radical (unpaired) electrons. The number of pyridine rings is 1. The largest absolute Gasteiger partial charge is 0.497 e. The summed E-state index contributed by atoms with van der Waals surface area (Å²) in [6.45, 7) is 1.02. The average Bonchev–Trinajstić information content (AvgIpc) is 3.20. The lowest BCUT2D eigenvalue weighted by Crippen LogP contribution is -2.16. The molecule has 6 heteroatoms. The summed E-state index contributed by atoms with van der Waals surface area (Å²) in [5.41, 5.74) is 1.85. The van der Waals surface area contributed by atoms with E-state index >= 15 is 0 Å². The third-order valence-corrected chi connectivity index (χ3v) is 6.74. The number of hydrogen-bond acceptors (Lipinski definition) is 6. The van der Waals surface area contributed by atoms with E-state index in [1.165, 1.54) is 32.1 Å². The summed E-state index contributed by atoms with van der Waals surface area (Å²) < 4.78 is 12.6. The molecular formula is C24H25N3O2S. The molecule has 2 aromatic heterocycles. The first kappa shape index (κ1) is 19.1. The van der Waals surface area contributed by atoms with Crippen LogP contribution in [0, 0.1) is 5.92 Å². The fraction of sp³-hybridized carbons (Fsp3) is 0.333. The molecule has 1 aliphatic rings. The Bertz CT molecular complexity index is 1170. The summed E-state index contributed by atoms with van der Waals surface area (Å²) >= 11 is 1.69. The molecule has 2 heterocycles. The van der Waals surface area contributed by atoms with E-state index in [1.807, 2.05) is 36.4 Å². The van der Waals surface area contributed by atoms with Crippen molar-refractivity contribution in [3.05, 3.63) is 48.7 Å². The number of fused-ring (bicyclic) bond motifs is 2. The van der Waals surface area contributed by atoms with E-state index in [1.54, 1.807) is 24.6 Å². The van der Waals surface area contributed by atoms with Gasteiger partial charge in [0.15, 0.2) is 5.13 Å². The maximum absolute atomic E-state index is 6.22. The summed E-state index contributed by atoms with van der Waals surface area (Å²) in [5.74, 6) is 3.14. The van der Waals surface area contributed by atoms with Crippen LogP contribution < -0.4 is 14.8 Å². The molecule has 0 atom stereocenters. The molecule has 154 valence electrons. The highest BCUT2D eigenvalue weighted by Gasteiger charge is 2.14. The predicted octanol–water partition coefficient (Wildman–Crippen LogP) is 6.64. The van der Waals surface area contributed by atoms with Crippen molar-refractivity contribution in [2.24, 2.45) is 5.92 Å². The Kier molecular flexibility index (Phi) is 5.41. The second-order valence-corrected chi connectivity index (χ2v) is 8.86. The molecule has 1 aliphatic carbocycles. The third kappa shape index (κ3) is 4.05. The van der Waals surface area contributed by atoms with Crippen molar-refractivity contribution in [3.8, 4) is 17.2 Å². The standard InChI is InChI=1S/C24H25N3O2S/c1-28-17-7-9-19-21(13-17)25-12-11-22(19)29-18-8-10-20-23(14-18)30-24(27-20)26-15-16-5-3-2-4-6-16/h7-14,16H,2-6,15H2,1H3,(H,26,27). The van der Waals surface area contributed by atoms with E-state index < -0.39 is 0 Å². The van der Waals surface area contributed by atoms with E-state index in [0.717, 1.165) is 56.0 Å². The topological polar surface area (TPSA) is 56.3 Å². The van der Waals surface area contributed by atoms with Crippen LogP contribution >= 0.6 is 11.3 Å². The second-order valence-electron chi connectivity index (χ2n) is 7.83. The van der Waals surface area contributed by atoms with E-state index in [0.29, 0.717) is 0 Å². The Morgan fingerprint density at radius 3 is 2.73 bits per heavy atom. The molecule has 0 saturated heterocycles. The third-order valence-electron chi connectivity index (χ3n) is 5.76. The summed E-state index contributed by atoms with van der Waals surface area (Å²) in [6.07, 6.45) is 8.55. The first-order chi connectivity index (χ1) is 14.8. The monoisotopic (exact) mass is 419 g/mol. The van der Waals surface area contributed by atoms with Gasteiger partial charge in [-0.2, -0.15) is 0 Å². The van der Waals surface area contributed by atoms with Gasteiger partial charge in [-0.25, -0.2) is 4.98 Å². The van der Waals surface area contributed by atoms with Gasteiger partial charge in [0.1, 0.15) is 17.2 Å². The quantitative estimate of drug-likeness (QED) is 0.380. The van der Waals surface area contributed by atoms with Gasteiger partial charge in [0.2, 0.25) is 0 Å². The summed E-state index contributed by atoms with van der Waals surface area (Å²) in [6, 6.07) is 13.8. The van der Waals surface area contributed by atoms with Crippen LogP contribution in [0.15, 0.2) is 48.7 Å². The lowest BCUT2D eigenvalue weighted by molar-refractivity contribution is 0.373. The van der Waals surface area contributed by atoms with Gasteiger partial charge in [-0.05, 0) is 49.1 Å². The Balaban J connectivity index is 1.34. The summed E-state index contributed by atoms with van der Waals surface area (Å²) in [5, 5.41) is 5.51. The van der Waals surface area contributed by atoms with Gasteiger partial charge in [-0.1, -0.05) is 30.6 Å². The van der Waals surface area contributed by atoms with Crippen LogP contribution in [0.5, 0.6) is 17.2 Å². The molecule has 1 fully saturated rings. The van der Waals surface area contributed by atoms with E-state index in [-0.39, 0.29) is 0 Å². The van der Waals surface area contributed by atoms with Gasteiger partial charge >= 0.3 is 0 Å². The SMILES string of the molecule is COc1ccc2c(Oc3ccc4nc(NCC5CCCCC5)sc4c3)ccnc2c1. The van der Waals surface area contributed by atoms with Gasteiger partial charge in [0.05, 0.1) is 22.8 Å². The Hall–Kier alpha value is -2.86. The van der Waals surface area contributed by atoms with Gasteiger partial charge in [0, 0.05) is 30.3 Å². The molecule has 0 unspecified atom stereocenters. The minimum Gasteiger partial charge on any atom is -0.497 e. The van der Waals surface area contributed by atoms with Gasteiger partial charge in [-0.15, -0.1) is 0 Å². The number of ether oxygens (including phenoxy) is 2. The zero-order chi connectivity index (χ0) is 20.3. The fourth-order valence-electron chi connectivity index (χ4n) is 4.11. The maximum atomic E-state index is 6.22. The van der Waals surface area contributed by atoms with Crippen molar-refractivity contribution in [1.82, 2.24) is 9.97 Å². The molecule has 30 heavy (non-hydrogen) atoms. The highest BCUT2D eigenvalue weighted by molar-refractivity contribution is 7.22. The average molecular weight is 420 g/mol. The lowest BCUT2D eigenvalue weighted by Gasteiger charge is -2.21. The zero-order valence-corrected chi connectivity index (χ0v) is 17.9. The molecule has 4 aromatic rings. The summed E-state index contributed by atoms with van der Waals surface area (Å²) in [4.78, 5) is 9.17. The van der Waals surface area contributed by atoms with E-state index in [4.69, 9.17) is 14.5 Å². The normalized spacial score (nSPS) is 14.8. The van der Waals surface area contributed by atoms with Crippen molar-refractivity contribution in [1.29, 1.82) is 0 Å². The second kappa shape index (κ2) is 8.48. The molecule has 0 aliphatic heterocycles. The van der Waals surface area contributed by atoms with Gasteiger partial charge in [-0.3, -0.25) is 4.98 Å². The number of hydrogen-bond donors (Lipinski definition) is 1. The molecule has 5 nitrogen and oxygen atoms in total. The number of anilines is 1. The van der Waals surface area contributed by atoms with Crippen LogP contribution in [0.25, 0.3) is 21.1 Å².